The van der Waals surface area contributed by atoms with Gasteiger partial charge in [-0.15, -0.1) is 0 Å². The van der Waals surface area contributed by atoms with Crippen molar-refractivity contribution in [2.24, 2.45) is 11.3 Å². The Balaban J connectivity index is 1.98. The minimum absolute atomic E-state index is 0.273. The largest absolute Gasteiger partial charge is 0.392 e. The van der Waals surface area contributed by atoms with Gasteiger partial charge in [-0.2, -0.15) is 11.3 Å². The zero-order chi connectivity index (χ0) is 16.9. The third kappa shape index (κ3) is 1.79. The minimum Gasteiger partial charge on any atom is -0.392 e. The van der Waals surface area contributed by atoms with Crippen LogP contribution in [0.2, 0.25) is 0 Å². The van der Waals surface area contributed by atoms with E-state index in [9.17, 15) is 19.5 Å². The molecule has 1 spiro atoms. The number of aliphatic hydroxyl groups is 1. The Morgan fingerprint density at radius 2 is 1.75 bits per heavy atom. The Morgan fingerprint density at radius 3 is 2.29 bits per heavy atom. The summed E-state index contributed by atoms with van der Waals surface area (Å²) in [4.78, 5) is 38.2. The van der Waals surface area contributed by atoms with Crippen LogP contribution in [0, 0.1) is 11.3 Å². The third-order valence-electron chi connectivity index (χ3n) is 5.46. The molecule has 5 heteroatoms. The lowest BCUT2D eigenvalue weighted by Gasteiger charge is -2.45. The molecule has 1 aromatic carbocycles. The van der Waals surface area contributed by atoms with Crippen molar-refractivity contribution in [3.05, 3.63) is 57.8 Å². The average Bonchev–Trinajstić information content (AvgIpc) is 3.20. The molecule has 0 amide bonds. The van der Waals surface area contributed by atoms with Gasteiger partial charge in [0.25, 0.3) is 0 Å². The maximum absolute atomic E-state index is 13.3. The maximum atomic E-state index is 13.3. The topological polar surface area (TPSA) is 71.4 Å². The molecule has 1 aromatic heterocycles. The van der Waals surface area contributed by atoms with Crippen molar-refractivity contribution in [2.45, 2.75) is 24.9 Å². The minimum atomic E-state index is -1.57. The molecule has 0 aliphatic heterocycles. The Labute approximate surface area is 143 Å². The second kappa shape index (κ2) is 5.46. The monoisotopic (exact) mass is 340 g/mol. The van der Waals surface area contributed by atoms with Gasteiger partial charge in [0.15, 0.2) is 11.6 Å². The molecule has 4 nitrogen and oxygen atoms in total. The van der Waals surface area contributed by atoms with E-state index >= 15 is 0 Å². The number of hydrogen-bond acceptors (Lipinski definition) is 5. The van der Waals surface area contributed by atoms with Gasteiger partial charge in [0.2, 0.25) is 0 Å². The number of thiophene rings is 1. The van der Waals surface area contributed by atoms with Crippen molar-refractivity contribution in [1.29, 1.82) is 0 Å². The van der Waals surface area contributed by atoms with Crippen molar-refractivity contribution in [3.63, 3.8) is 0 Å². The fraction of sp³-hybridized carbons (Fsp3) is 0.316. The van der Waals surface area contributed by atoms with Crippen LogP contribution in [-0.2, 0) is 4.79 Å². The molecule has 2 aliphatic rings. The smallest absolute Gasteiger partial charge is 0.180 e. The molecular formula is C19H16O4S. The van der Waals surface area contributed by atoms with Crippen molar-refractivity contribution in [3.8, 4) is 0 Å². The summed E-state index contributed by atoms with van der Waals surface area (Å²) in [5.74, 6) is -1.76. The number of Topliss-reactive ketones (excluding diaryl/α,β-unsaturated/α-hetero) is 2. The van der Waals surface area contributed by atoms with Crippen LogP contribution in [0.3, 0.4) is 0 Å². The van der Waals surface area contributed by atoms with Crippen LogP contribution in [-0.4, -0.2) is 29.1 Å². The normalized spacial score (nSPS) is 28.1. The van der Waals surface area contributed by atoms with Crippen LogP contribution in [0.4, 0.5) is 0 Å². The van der Waals surface area contributed by atoms with E-state index in [1.54, 1.807) is 24.3 Å². The highest BCUT2D eigenvalue weighted by Crippen LogP contribution is 2.56. The second-order valence-electron chi connectivity index (χ2n) is 6.50. The van der Waals surface area contributed by atoms with Crippen molar-refractivity contribution < 1.29 is 19.5 Å². The highest BCUT2D eigenvalue weighted by Gasteiger charge is 2.65. The zero-order valence-corrected chi connectivity index (χ0v) is 13.7. The summed E-state index contributed by atoms with van der Waals surface area (Å²) in [5, 5.41) is 14.5. The molecule has 4 rings (SSSR count). The quantitative estimate of drug-likeness (QED) is 0.674. The van der Waals surface area contributed by atoms with E-state index in [1.165, 1.54) is 11.3 Å². The van der Waals surface area contributed by atoms with Crippen LogP contribution in [0.15, 0.2) is 41.1 Å². The van der Waals surface area contributed by atoms with Gasteiger partial charge in [-0.3, -0.25) is 9.59 Å². The number of rotatable bonds is 2. The highest BCUT2D eigenvalue weighted by atomic mass is 32.1. The number of aliphatic hydroxyl groups excluding tert-OH is 1. The van der Waals surface area contributed by atoms with Gasteiger partial charge in [0.05, 0.1) is 6.10 Å². The molecule has 24 heavy (non-hydrogen) atoms. The first-order valence-electron chi connectivity index (χ1n) is 7.96. The first-order chi connectivity index (χ1) is 11.6. The summed E-state index contributed by atoms with van der Waals surface area (Å²) in [6.45, 7) is 0. The Morgan fingerprint density at radius 1 is 1.08 bits per heavy atom. The number of benzene rings is 1. The van der Waals surface area contributed by atoms with Gasteiger partial charge in [0, 0.05) is 23.0 Å². The lowest BCUT2D eigenvalue weighted by Crippen LogP contribution is -2.54. The molecule has 0 saturated heterocycles. The molecule has 2 aliphatic carbocycles. The average molecular weight is 340 g/mol. The molecule has 1 fully saturated rings. The standard InChI is InChI=1S/C19H16O4S/c20-9-11-5-6-15(21)19(16(11)12-7-8-24-10-12)17(22)13-3-1-2-4-14(13)18(19)23/h1-4,7-11,15-16,21H,5-6H2/t11-,15+,16+/m0/s1. The van der Waals surface area contributed by atoms with Gasteiger partial charge in [-0.1, -0.05) is 24.3 Å². The van der Waals surface area contributed by atoms with E-state index in [2.05, 4.69) is 0 Å². The summed E-state index contributed by atoms with van der Waals surface area (Å²) < 4.78 is 0. The zero-order valence-electron chi connectivity index (χ0n) is 12.8. The van der Waals surface area contributed by atoms with Gasteiger partial charge >= 0.3 is 0 Å². The van der Waals surface area contributed by atoms with Crippen LogP contribution < -0.4 is 0 Å². The van der Waals surface area contributed by atoms with E-state index in [4.69, 9.17) is 0 Å². The van der Waals surface area contributed by atoms with Crippen molar-refractivity contribution >= 4 is 29.2 Å². The van der Waals surface area contributed by atoms with E-state index in [1.807, 2.05) is 16.8 Å². The third-order valence-corrected chi connectivity index (χ3v) is 6.16. The highest BCUT2D eigenvalue weighted by molar-refractivity contribution is 7.08. The number of hydrogen-bond donors (Lipinski definition) is 1. The molecule has 1 heterocycles. The summed E-state index contributed by atoms with van der Waals surface area (Å²) >= 11 is 1.46. The fourth-order valence-corrected chi connectivity index (χ4v) is 5.11. The molecule has 3 atom stereocenters. The Bertz CT molecular complexity index is 789. The lowest BCUT2D eigenvalue weighted by molar-refractivity contribution is -0.115. The van der Waals surface area contributed by atoms with Crippen LogP contribution in [0.5, 0.6) is 0 Å². The summed E-state index contributed by atoms with van der Waals surface area (Å²) in [5.41, 5.74) is -0.0822. The Hall–Kier alpha value is -2.11. The van der Waals surface area contributed by atoms with E-state index in [0.717, 1.165) is 11.8 Å². The SMILES string of the molecule is O=C[C@@H]1CC[C@@H](O)C2(C(=O)c3ccccc3C2=O)[C@H]1c1ccsc1. The van der Waals surface area contributed by atoms with Crippen molar-refractivity contribution in [1.82, 2.24) is 0 Å². The summed E-state index contributed by atoms with van der Waals surface area (Å²) in [7, 11) is 0. The van der Waals surface area contributed by atoms with Crippen LogP contribution in [0.25, 0.3) is 0 Å². The van der Waals surface area contributed by atoms with Gasteiger partial charge in [-0.25, -0.2) is 0 Å². The maximum Gasteiger partial charge on any atom is 0.180 e. The lowest BCUT2D eigenvalue weighted by atomic mass is 9.56. The van der Waals surface area contributed by atoms with Gasteiger partial charge in [0.1, 0.15) is 11.7 Å². The number of fused-ring (bicyclic) bond motifs is 1. The first-order valence-corrected chi connectivity index (χ1v) is 8.90. The molecule has 1 N–H and O–H groups in total. The predicted molar refractivity (Wildman–Crippen MR) is 89.4 cm³/mol. The van der Waals surface area contributed by atoms with Gasteiger partial charge in [-0.05, 0) is 35.2 Å². The van der Waals surface area contributed by atoms with Gasteiger partial charge < -0.3 is 9.90 Å². The number of carbonyl (C=O) groups is 3. The van der Waals surface area contributed by atoms with Crippen molar-refractivity contribution in [2.75, 3.05) is 0 Å². The number of ketones is 2. The molecule has 122 valence electrons. The number of carbonyl (C=O) groups excluding carboxylic acids is 3. The Kier molecular flexibility index (Phi) is 3.51. The molecule has 1 saturated carbocycles. The van der Waals surface area contributed by atoms with Crippen LogP contribution in [0.1, 0.15) is 45.0 Å². The molecule has 0 unspecified atom stereocenters. The predicted octanol–water partition coefficient (Wildman–Crippen LogP) is 2.87. The number of aldehydes is 1. The fourth-order valence-electron chi connectivity index (χ4n) is 4.41. The molecule has 0 radical (unpaired) electrons. The summed E-state index contributed by atoms with van der Waals surface area (Å²) in [6, 6.07) is 8.54. The van der Waals surface area contributed by atoms with E-state index in [-0.39, 0.29) is 18.0 Å². The molecule has 2 aromatic rings. The van der Waals surface area contributed by atoms with E-state index < -0.39 is 23.4 Å². The van der Waals surface area contributed by atoms with Crippen LogP contribution >= 0.6 is 11.3 Å². The second-order valence-corrected chi connectivity index (χ2v) is 7.28. The molecule has 0 bridgehead atoms. The summed E-state index contributed by atoms with van der Waals surface area (Å²) in [6.07, 6.45) is 0.504. The first kappa shape index (κ1) is 15.4. The molecular weight excluding hydrogens is 324 g/mol. The van der Waals surface area contributed by atoms with E-state index in [0.29, 0.717) is 17.5 Å².